The molecule has 1 saturated heterocycles. The number of nitrogens with one attached hydrogen (secondary N) is 1. The molecule has 0 aromatic heterocycles. The van der Waals surface area contributed by atoms with E-state index in [9.17, 15) is 4.79 Å². The van der Waals surface area contributed by atoms with Gasteiger partial charge in [-0.1, -0.05) is 20.3 Å². The van der Waals surface area contributed by atoms with Crippen molar-refractivity contribution in [3.8, 4) is 0 Å². The quantitative estimate of drug-likeness (QED) is 0.834. The Morgan fingerprint density at radius 1 is 1.40 bits per heavy atom. The molecule has 1 heterocycles. The van der Waals surface area contributed by atoms with Crippen molar-refractivity contribution < 1.29 is 4.79 Å². The van der Waals surface area contributed by atoms with E-state index >= 15 is 0 Å². The zero-order chi connectivity index (χ0) is 14.8. The summed E-state index contributed by atoms with van der Waals surface area (Å²) in [5.41, 5.74) is 8.94. The Hall–Kier alpha value is -1.71. The minimum atomic E-state index is -0.0679. The monoisotopic (exact) mass is 275 g/mol. The Morgan fingerprint density at radius 3 is 2.60 bits per heavy atom. The molecule has 1 aromatic carbocycles. The molecule has 1 aliphatic rings. The van der Waals surface area contributed by atoms with Gasteiger partial charge in [0.15, 0.2) is 0 Å². The summed E-state index contributed by atoms with van der Waals surface area (Å²) >= 11 is 0. The summed E-state index contributed by atoms with van der Waals surface area (Å²) in [6.45, 7) is 6.63. The lowest BCUT2D eigenvalue weighted by Gasteiger charge is -2.40. The minimum absolute atomic E-state index is 0.0679. The van der Waals surface area contributed by atoms with Crippen LogP contribution in [-0.2, 0) is 0 Å². The first-order valence-electron chi connectivity index (χ1n) is 7.35. The van der Waals surface area contributed by atoms with E-state index in [1.807, 2.05) is 12.1 Å². The Bertz CT molecular complexity index is 490. The Morgan fingerprint density at radius 2 is 2.05 bits per heavy atom. The molecule has 1 fully saturated rings. The van der Waals surface area contributed by atoms with E-state index in [2.05, 4.69) is 24.1 Å². The predicted octanol–water partition coefficient (Wildman–Crippen LogP) is 2.64. The van der Waals surface area contributed by atoms with Gasteiger partial charge in [-0.15, -0.1) is 0 Å². The van der Waals surface area contributed by atoms with Gasteiger partial charge in [-0.3, -0.25) is 4.79 Å². The van der Waals surface area contributed by atoms with Crippen LogP contribution in [0.4, 0.5) is 11.4 Å². The third-order valence-electron chi connectivity index (χ3n) is 4.68. The van der Waals surface area contributed by atoms with Crippen LogP contribution in [0, 0.1) is 5.41 Å². The van der Waals surface area contributed by atoms with E-state index in [4.69, 9.17) is 5.73 Å². The van der Waals surface area contributed by atoms with Gasteiger partial charge in [-0.2, -0.15) is 0 Å². The molecule has 4 nitrogen and oxygen atoms in total. The molecular weight excluding hydrogens is 250 g/mol. The van der Waals surface area contributed by atoms with Crippen LogP contribution in [0.1, 0.15) is 43.5 Å². The Labute approximate surface area is 121 Å². The summed E-state index contributed by atoms with van der Waals surface area (Å²) in [4.78, 5) is 14.0. The number of carbonyl (C=O) groups excluding carboxylic acids is 1. The van der Waals surface area contributed by atoms with Gasteiger partial charge in [0.2, 0.25) is 0 Å². The number of amides is 1. The summed E-state index contributed by atoms with van der Waals surface area (Å²) in [5.74, 6) is -0.0679. The maximum Gasteiger partial charge on any atom is 0.251 e. The number of piperidine rings is 1. The molecule has 0 aliphatic carbocycles. The molecule has 0 radical (unpaired) electrons. The average Bonchev–Trinajstić information content (AvgIpc) is 2.48. The van der Waals surface area contributed by atoms with Crippen molar-refractivity contribution >= 4 is 17.3 Å². The summed E-state index contributed by atoms with van der Waals surface area (Å²) in [5, 5.41) is 2.65. The van der Waals surface area contributed by atoms with Crippen LogP contribution in [0.5, 0.6) is 0 Å². The highest BCUT2D eigenvalue weighted by molar-refractivity contribution is 5.96. The smallest absolute Gasteiger partial charge is 0.251 e. The van der Waals surface area contributed by atoms with Crippen LogP contribution in [0.25, 0.3) is 0 Å². The first-order chi connectivity index (χ1) is 9.49. The Kier molecular flexibility index (Phi) is 4.21. The molecule has 1 aliphatic heterocycles. The van der Waals surface area contributed by atoms with Gasteiger partial charge in [-0.05, 0) is 36.5 Å². The van der Waals surface area contributed by atoms with Gasteiger partial charge in [0.05, 0.1) is 11.4 Å². The number of nitrogens with two attached hydrogens (primary N) is 1. The molecule has 2 rings (SSSR count). The second-order valence-electron chi connectivity index (χ2n) is 6.00. The first-order valence-corrected chi connectivity index (χ1v) is 7.35. The number of carbonyl (C=O) groups is 1. The molecule has 0 atom stereocenters. The van der Waals surface area contributed by atoms with Crippen LogP contribution < -0.4 is 16.0 Å². The molecule has 0 saturated carbocycles. The topological polar surface area (TPSA) is 58.4 Å². The molecule has 3 N–H and O–H groups in total. The van der Waals surface area contributed by atoms with Gasteiger partial charge in [-0.25, -0.2) is 0 Å². The van der Waals surface area contributed by atoms with Gasteiger partial charge < -0.3 is 16.0 Å². The number of hydrogen-bond donors (Lipinski definition) is 2. The summed E-state index contributed by atoms with van der Waals surface area (Å²) in [7, 11) is 1.64. The third kappa shape index (κ3) is 2.89. The molecule has 110 valence electrons. The van der Waals surface area contributed by atoms with Crippen LogP contribution in [-0.4, -0.2) is 26.0 Å². The lowest BCUT2D eigenvalue weighted by Crippen LogP contribution is -2.38. The van der Waals surface area contributed by atoms with E-state index in [1.165, 1.54) is 19.3 Å². The van der Waals surface area contributed by atoms with Crippen molar-refractivity contribution in [2.45, 2.75) is 33.1 Å². The highest BCUT2D eigenvalue weighted by Crippen LogP contribution is 2.37. The van der Waals surface area contributed by atoms with E-state index in [0.717, 1.165) is 24.5 Å². The van der Waals surface area contributed by atoms with E-state index in [-0.39, 0.29) is 5.91 Å². The molecular formula is C16H25N3O. The number of rotatable bonds is 3. The molecule has 0 spiro atoms. The third-order valence-corrected chi connectivity index (χ3v) is 4.68. The van der Waals surface area contributed by atoms with Gasteiger partial charge in [0, 0.05) is 25.7 Å². The SMILES string of the molecule is CCC1(C)CCN(c2cc(C(=O)NC)ccc2N)CC1. The maximum absolute atomic E-state index is 11.7. The molecule has 4 heteroatoms. The van der Waals surface area contributed by atoms with Gasteiger partial charge in [0.1, 0.15) is 0 Å². The fraction of sp³-hybridized carbons (Fsp3) is 0.562. The summed E-state index contributed by atoms with van der Waals surface area (Å²) in [6.07, 6.45) is 3.56. The van der Waals surface area contributed by atoms with Crippen molar-refractivity contribution in [2.24, 2.45) is 5.41 Å². The standard InChI is InChI=1S/C16H25N3O/c1-4-16(2)7-9-19(10-8-16)14-11-12(15(20)18-3)5-6-13(14)17/h5-6,11H,4,7-10,17H2,1-3H3,(H,18,20). The molecule has 1 aromatic rings. The van der Waals surface area contributed by atoms with Crippen molar-refractivity contribution in [3.05, 3.63) is 23.8 Å². The van der Waals surface area contributed by atoms with E-state index in [1.54, 1.807) is 13.1 Å². The van der Waals surface area contributed by atoms with Crippen LogP contribution in [0.3, 0.4) is 0 Å². The number of hydrogen-bond acceptors (Lipinski definition) is 3. The molecule has 20 heavy (non-hydrogen) atoms. The zero-order valence-corrected chi connectivity index (χ0v) is 12.7. The second-order valence-corrected chi connectivity index (χ2v) is 6.00. The summed E-state index contributed by atoms with van der Waals surface area (Å²) < 4.78 is 0. The Balaban J connectivity index is 2.19. The summed E-state index contributed by atoms with van der Waals surface area (Å²) in [6, 6.07) is 5.51. The predicted molar refractivity (Wildman–Crippen MR) is 84.1 cm³/mol. The van der Waals surface area contributed by atoms with Crippen LogP contribution in [0.15, 0.2) is 18.2 Å². The average molecular weight is 275 g/mol. The molecule has 0 bridgehead atoms. The number of anilines is 2. The van der Waals surface area contributed by atoms with Crippen molar-refractivity contribution in [1.82, 2.24) is 5.32 Å². The van der Waals surface area contributed by atoms with E-state index < -0.39 is 0 Å². The molecule has 1 amide bonds. The van der Waals surface area contributed by atoms with Gasteiger partial charge in [0.25, 0.3) is 5.91 Å². The lowest BCUT2D eigenvalue weighted by atomic mass is 9.78. The fourth-order valence-electron chi connectivity index (χ4n) is 2.74. The van der Waals surface area contributed by atoms with Crippen molar-refractivity contribution in [2.75, 3.05) is 30.8 Å². The minimum Gasteiger partial charge on any atom is -0.397 e. The highest BCUT2D eigenvalue weighted by atomic mass is 16.1. The van der Waals surface area contributed by atoms with Crippen LogP contribution >= 0.6 is 0 Å². The van der Waals surface area contributed by atoms with Crippen molar-refractivity contribution in [3.63, 3.8) is 0 Å². The maximum atomic E-state index is 11.7. The molecule has 0 unspecified atom stereocenters. The highest BCUT2D eigenvalue weighted by Gasteiger charge is 2.29. The normalized spacial score (nSPS) is 17.9. The van der Waals surface area contributed by atoms with Gasteiger partial charge >= 0.3 is 0 Å². The zero-order valence-electron chi connectivity index (χ0n) is 12.7. The lowest BCUT2D eigenvalue weighted by molar-refractivity contribution is 0.0963. The largest absolute Gasteiger partial charge is 0.397 e. The number of nitrogen functional groups attached to an aromatic ring is 1. The first kappa shape index (κ1) is 14.7. The van der Waals surface area contributed by atoms with Crippen LogP contribution in [0.2, 0.25) is 0 Å². The van der Waals surface area contributed by atoms with E-state index in [0.29, 0.717) is 11.0 Å². The number of nitrogens with zero attached hydrogens (tertiary/aromatic N) is 1. The fourth-order valence-corrected chi connectivity index (χ4v) is 2.74. The number of benzene rings is 1. The second kappa shape index (κ2) is 5.73. The van der Waals surface area contributed by atoms with Crippen molar-refractivity contribution in [1.29, 1.82) is 0 Å².